The molecule has 4 aromatic rings. The van der Waals surface area contributed by atoms with E-state index >= 15 is 0 Å². The van der Waals surface area contributed by atoms with Crippen LogP contribution in [0.1, 0.15) is 23.6 Å². The Morgan fingerprint density at radius 3 is 2.57 bits per heavy atom. The second-order valence-electron chi connectivity index (χ2n) is 6.68. The maximum Gasteiger partial charge on any atom is 0.306 e. The molecule has 0 atom stereocenters. The molecule has 8 heteroatoms. The predicted molar refractivity (Wildman–Crippen MR) is 115 cm³/mol. The Balaban J connectivity index is 1.27. The highest BCUT2D eigenvalue weighted by Gasteiger charge is 2.12. The number of aromatic nitrogens is 3. The molecule has 0 saturated heterocycles. The van der Waals surface area contributed by atoms with E-state index in [1.807, 2.05) is 60.8 Å². The van der Waals surface area contributed by atoms with E-state index in [0.29, 0.717) is 28.9 Å². The fraction of sp³-hybridized carbons (Fsp3) is 0.182. The van der Waals surface area contributed by atoms with Gasteiger partial charge in [-0.2, -0.15) is 0 Å². The number of carbonyl (C=O) groups excluding carboxylic acids is 1. The maximum absolute atomic E-state index is 12.1. The average molecular weight is 440 g/mol. The molecule has 0 aliphatic rings. The lowest BCUT2D eigenvalue weighted by atomic mass is 10.1. The Labute approximate surface area is 182 Å². The number of rotatable bonds is 7. The number of hydrogen-bond donors (Lipinski definition) is 0. The second kappa shape index (κ2) is 9.19. The lowest BCUT2D eigenvalue weighted by Crippen LogP contribution is -2.06. The highest BCUT2D eigenvalue weighted by Crippen LogP contribution is 2.25. The van der Waals surface area contributed by atoms with Crippen molar-refractivity contribution < 1.29 is 13.9 Å². The zero-order valence-corrected chi connectivity index (χ0v) is 17.7. The summed E-state index contributed by atoms with van der Waals surface area (Å²) in [7, 11) is 0. The lowest BCUT2D eigenvalue weighted by Gasteiger charge is -2.01. The summed E-state index contributed by atoms with van der Waals surface area (Å²) in [5.74, 6) is 0.503. The molecular weight excluding hydrogens is 422 g/mol. The van der Waals surface area contributed by atoms with E-state index in [2.05, 4.69) is 15.2 Å². The zero-order chi connectivity index (χ0) is 20.9. The van der Waals surface area contributed by atoms with Crippen LogP contribution in [0, 0.1) is 6.92 Å². The monoisotopic (exact) mass is 439 g/mol. The molecule has 152 valence electrons. The Morgan fingerprint density at radius 2 is 1.80 bits per heavy atom. The van der Waals surface area contributed by atoms with Gasteiger partial charge in [-0.05, 0) is 31.2 Å². The van der Waals surface area contributed by atoms with Crippen LogP contribution >= 0.6 is 22.9 Å². The van der Waals surface area contributed by atoms with Gasteiger partial charge in [0.05, 0.1) is 12.1 Å². The van der Waals surface area contributed by atoms with Crippen molar-refractivity contribution in [2.45, 2.75) is 26.4 Å². The zero-order valence-electron chi connectivity index (χ0n) is 16.2. The van der Waals surface area contributed by atoms with Crippen molar-refractivity contribution in [1.29, 1.82) is 0 Å². The molecule has 0 spiro atoms. The molecular formula is C22H18ClN3O3S. The quantitative estimate of drug-likeness (QED) is 0.354. The van der Waals surface area contributed by atoms with Gasteiger partial charge in [-0.1, -0.05) is 41.4 Å². The van der Waals surface area contributed by atoms with Crippen LogP contribution in [0.25, 0.3) is 22.0 Å². The highest BCUT2D eigenvalue weighted by molar-refractivity contribution is 7.13. The van der Waals surface area contributed by atoms with Gasteiger partial charge in [0.2, 0.25) is 11.8 Å². The Bertz CT molecular complexity index is 1050. The van der Waals surface area contributed by atoms with E-state index in [1.54, 1.807) is 0 Å². The molecule has 0 aliphatic carbocycles. The average Bonchev–Trinajstić information content (AvgIpc) is 3.42. The van der Waals surface area contributed by atoms with Crippen molar-refractivity contribution in [3.63, 3.8) is 0 Å². The van der Waals surface area contributed by atoms with Crippen LogP contribution in [0.5, 0.6) is 0 Å². The third-order valence-electron chi connectivity index (χ3n) is 4.33. The van der Waals surface area contributed by atoms with Gasteiger partial charge in [-0.3, -0.25) is 4.79 Å². The Hall–Kier alpha value is -3.03. The first kappa shape index (κ1) is 20.3. The number of carbonyl (C=O) groups is 1. The highest BCUT2D eigenvalue weighted by atomic mass is 35.5. The number of ether oxygens (including phenoxy) is 1. The summed E-state index contributed by atoms with van der Waals surface area (Å²) in [6, 6.07) is 15.3. The van der Waals surface area contributed by atoms with Crippen molar-refractivity contribution in [3.05, 3.63) is 76.1 Å². The van der Waals surface area contributed by atoms with Gasteiger partial charge in [0, 0.05) is 28.0 Å². The van der Waals surface area contributed by atoms with E-state index in [-0.39, 0.29) is 19.0 Å². The smallest absolute Gasteiger partial charge is 0.306 e. The number of halogens is 1. The van der Waals surface area contributed by atoms with Crippen molar-refractivity contribution in [3.8, 4) is 22.0 Å². The second-order valence-corrected chi connectivity index (χ2v) is 7.97. The molecule has 0 N–H and O–H groups in total. The van der Waals surface area contributed by atoms with Crippen molar-refractivity contribution in [2.24, 2.45) is 0 Å². The molecule has 0 saturated carbocycles. The molecule has 0 unspecified atom stereocenters. The standard InChI is InChI=1S/C22H18ClN3O3S/c1-14-2-4-15(5-3-14)21-26-25-19(29-21)10-11-20(27)28-12-18-13-30-22(24-18)16-6-8-17(23)9-7-16/h2-9,13H,10-12H2,1H3. The van der Waals surface area contributed by atoms with E-state index < -0.39 is 0 Å². The molecule has 30 heavy (non-hydrogen) atoms. The molecule has 0 aliphatic heterocycles. The molecule has 0 amide bonds. The van der Waals surface area contributed by atoms with Gasteiger partial charge >= 0.3 is 5.97 Å². The summed E-state index contributed by atoms with van der Waals surface area (Å²) in [6.45, 7) is 2.14. The third-order valence-corrected chi connectivity index (χ3v) is 5.52. The predicted octanol–water partition coefficient (Wildman–Crippen LogP) is 5.50. The van der Waals surface area contributed by atoms with Crippen LogP contribution in [0.3, 0.4) is 0 Å². The van der Waals surface area contributed by atoms with Crippen molar-refractivity contribution in [2.75, 3.05) is 0 Å². The van der Waals surface area contributed by atoms with Gasteiger partial charge in [0.25, 0.3) is 0 Å². The number of esters is 1. The summed E-state index contributed by atoms with van der Waals surface area (Å²) in [6.07, 6.45) is 0.481. The first-order valence-corrected chi connectivity index (χ1v) is 10.6. The van der Waals surface area contributed by atoms with Gasteiger partial charge in [-0.25, -0.2) is 4.98 Å². The van der Waals surface area contributed by atoms with E-state index in [0.717, 1.165) is 21.7 Å². The number of benzene rings is 2. The number of nitrogens with zero attached hydrogens (tertiary/aromatic N) is 3. The van der Waals surface area contributed by atoms with Gasteiger partial charge in [0.1, 0.15) is 11.6 Å². The van der Waals surface area contributed by atoms with Crippen LogP contribution in [0.4, 0.5) is 0 Å². The molecule has 2 heterocycles. The summed E-state index contributed by atoms with van der Waals surface area (Å²) >= 11 is 7.40. The SMILES string of the molecule is Cc1ccc(-c2nnc(CCC(=O)OCc3csc(-c4ccc(Cl)cc4)n3)o2)cc1. The largest absolute Gasteiger partial charge is 0.459 e. The molecule has 0 fully saturated rings. The van der Waals surface area contributed by atoms with Gasteiger partial charge < -0.3 is 9.15 Å². The van der Waals surface area contributed by atoms with Crippen LogP contribution in [0.15, 0.2) is 58.3 Å². The lowest BCUT2D eigenvalue weighted by molar-refractivity contribution is -0.145. The van der Waals surface area contributed by atoms with Crippen LogP contribution < -0.4 is 0 Å². The third kappa shape index (κ3) is 5.11. The van der Waals surface area contributed by atoms with Crippen LogP contribution in [-0.2, 0) is 22.6 Å². The van der Waals surface area contributed by atoms with Crippen molar-refractivity contribution in [1.82, 2.24) is 15.2 Å². The first-order chi connectivity index (χ1) is 14.6. The minimum Gasteiger partial charge on any atom is -0.459 e. The summed E-state index contributed by atoms with van der Waals surface area (Å²) < 4.78 is 11.0. The number of thiazole rings is 1. The fourth-order valence-electron chi connectivity index (χ4n) is 2.70. The number of aryl methyl sites for hydroxylation is 2. The Morgan fingerprint density at radius 1 is 1.07 bits per heavy atom. The minimum atomic E-state index is -0.342. The van der Waals surface area contributed by atoms with Gasteiger partial charge in [-0.15, -0.1) is 21.5 Å². The molecule has 2 aromatic heterocycles. The van der Waals surface area contributed by atoms with Crippen LogP contribution in [-0.4, -0.2) is 21.2 Å². The fourth-order valence-corrected chi connectivity index (χ4v) is 3.64. The van der Waals surface area contributed by atoms with E-state index in [1.165, 1.54) is 11.3 Å². The normalized spacial score (nSPS) is 10.9. The molecule has 2 aromatic carbocycles. The molecule has 0 bridgehead atoms. The van der Waals surface area contributed by atoms with E-state index in [9.17, 15) is 4.79 Å². The summed E-state index contributed by atoms with van der Waals surface area (Å²) in [5.41, 5.74) is 3.68. The maximum atomic E-state index is 12.1. The van der Waals surface area contributed by atoms with E-state index in [4.69, 9.17) is 20.8 Å². The Kier molecular flexibility index (Phi) is 6.21. The molecule has 6 nitrogen and oxygen atoms in total. The summed E-state index contributed by atoms with van der Waals surface area (Å²) in [5, 5.41) is 11.5. The number of hydrogen-bond acceptors (Lipinski definition) is 7. The summed E-state index contributed by atoms with van der Waals surface area (Å²) in [4.78, 5) is 16.6. The van der Waals surface area contributed by atoms with Crippen molar-refractivity contribution >= 4 is 28.9 Å². The topological polar surface area (TPSA) is 78.1 Å². The molecule has 0 radical (unpaired) electrons. The van der Waals surface area contributed by atoms with Gasteiger partial charge in [0.15, 0.2) is 0 Å². The molecule has 4 rings (SSSR count). The van der Waals surface area contributed by atoms with Crippen LogP contribution in [0.2, 0.25) is 5.02 Å². The minimum absolute atomic E-state index is 0.126. The first-order valence-electron chi connectivity index (χ1n) is 9.32.